The Labute approximate surface area is 160 Å². The van der Waals surface area contributed by atoms with Crippen molar-refractivity contribution in [2.24, 2.45) is 0 Å². The molecule has 1 aromatic carbocycles. The van der Waals surface area contributed by atoms with Crippen molar-refractivity contribution in [3.8, 4) is 0 Å². The fraction of sp³-hybridized carbons (Fsp3) is 0.353. The van der Waals surface area contributed by atoms with E-state index in [9.17, 15) is 4.79 Å². The molecule has 0 unspecified atom stereocenters. The predicted molar refractivity (Wildman–Crippen MR) is 105 cm³/mol. The molecule has 1 aliphatic heterocycles. The number of halogens is 1. The Hall–Kier alpha value is -2.55. The molecule has 2 aromatic rings. The molecule has 0 radical (unpaired) electrons. The molecule has 0 bridgehead atoms. The van der Waals surface area contributed by atoms with Crippen molar-refractivity contribution in [3.63, 3.8) is 0 Å². The monoisotopic (exact) mass is 420 g/mol. The van der Waals surface area contributed by atoms with Crippen molar-refractivity contribution < 1.29 is 9.53 Å². The smallest absolute Gasteiger partial charge is 0.409 e. The van der Waals surface area contributed by atoms with Crippen LogP contribution >= 0.6 is 15.9 Å². The number of hydrogen-bond donors (Lipinski definition) is 2. The van der Waals surface area contributed by atoms with Gasteiger partial charge < -0.3 is 25.6 Å². The quantitative estimate of drug-likeness (QED) is 0.784. The Bertz CT molecular complexity index is 780. The van der Waals surface area contributed by atoms with Gasteiger partial charge in [-0.25, -0.2) is 14.8 Å². The molecule has 3 N–H and O–H groups in total. The minimum atomic E-state index is -0.279. The largest absolute Gasteiger partial charge is 0.450 e. The molecule has 9 heteroatoms. The van der Waals surface area contributed by atoms with Gasteiger partial charge in [-0.3, -0.25) is 0 Å². The molecule has 8 nitrogen and oxygen atoms in total. The highest BCUT2D eigenvalue weighted by Crippen LogP contribution is 2.31. The zero-order valence-corrected chi connectivity index (χ0v) is 16.1. The van der Waals surface area contributed by atoms with Gasteiger partial charge in [0.1, 0.15) is 12.0 Å². The summed E-state index contributed by atoms with van der Waals surface area (Å²) >= 11 is 3.50. The van der Waals surface area contributed by atoms with Crippen molar-refractivity contribution >= 4 is 45.0 Å². The summed E-state index contributed by atoms with van der Waals surface area (Å²) in [5.41, 5.74) is 7.66. The molecular formula is C17H21BrN6O2. The summed E-state index contributed by atoms with van der Waals surface area (Å²) < 4.78 is 5.97. The van der Waals surface area contributed by atoms with Gasteiger partial charge in [0.25, 0.3) is 0 Å². The predicted octanol–water partition coefficient (Wildman–Crippen LogP) is 2.84. The van der Waals surface area contributed by atoms with Gasteiger partial charge in [-0.15, -0.1) is 0 Å². The third-order valence-electron chi connectivity index (χ3n) is 4.10. The molecule has 0 spiro atoms. The SMILES string of the molecule is CCOC(=O)N1CCN(c2ncnc(Nc3ccccc3Br)c2N)CC1. The van der Waals surface area contributed by atoms with Gasteiger partial charge in [0.05, 0.1) is 12.3 Å². The molecular weight excluding hydrogens is 400 g/mol. The standard InChI is InChI=1S/C17H21BrN6O2/c1-2-26-17(25)24-9-7-23(8-10-24)16-14(19)15(20-11-21-16)22-13-6-4-3-5-12(13)18/h3-6,11H,2,7-10,19H2,1H3,(H,20,21,22). The summed E-state index contributed by atoms with van der Waals surface area (Å²) in [5, 5.41) is 3.23. The molecule has 26 heavy (non-hydrogen) atoms. The molecule has 138 valence electrons. The van der Waals surface area contributed by atoms with Crippen LogP contribution in [0.2, 0.25) is 0 Å². The van der Waals surface area contributed by atoms with E-state index in [0.717, 1.165) is 10.2 Å². The molecule has 1 fully saturated rings. The van der Waals surface area contributed by atoms with Crippen molar-refractivity contribution in [1.29, 1.82) is 0 Å². The van der Waals surface area contributed by atoms with Crippen molar-refractivity contribution in [1.82, 2.24) is 14.9 Å². The highest BCUT2D eigenvalue weighted by Gasteiger charge is 2.24. The summed E-state index contributed by atoms with van der Waals surface area (Å²) in [5.74, 6) is 1.22. The van der Waals surface area contributed by atoms with E-state index in [4.69, 9.17) is 10.5 Å². The molecule has 3 rings (SSSR count). The lowest BCUT2D eigenvalue weighted by Crippen LogP contribution is -2.49. The first-order chi connectivity index (χ1) is 12.6. The number of rotatable bonds is 4. The number of benzene rings is 1. The van der Waals surface area contributed by atoms with E-state index in [-0.39, 0.29) is 6.09 Å². The molecule has 1 saturated heterocycles. The Kier molecular flexibility index (Phi) is 5.77. The van der Waals surface area contributed by atoms with Crippen LogP contribution < -0.4 is 16.0 Å². The first-order valence-electron chi connectivity index (χ1n) is 8.38. The Morgan fingerprint density at radius 2 is 2.00 bits per heavy atom. The van der Waals surface area contributed by atoms with Gasteiger partial charge in [0.15, 0.2) is 11.6 Å². The van der Waals surface area contributed by atoms with Gasteiger partial charge >= 0.3 is 6.09 Å². The number of nitrogens with two attached hydrogens (primary N) is 1. The highest BCUT2D eigenvalue weighted by molar-refractivity contribution is 9.10. The number of nitrogen functional groups attached to an aromatic ring is 1. The van der Waals surface area contributed by atoms with Gasteiger partial charge in [-0.1, -0.05) is 12.1 Å². The van der Waals surface area contributed by atoms with Crippen LogP contribution in [0.4, 0.5) is 27.8 Å². The number of nitrogens with zero attached hydrogens (tertiary/aromatic N) is 4. The second-order valence-electron chi connectivity index (χ2n) is 5.74. The van der Waals surface area contributed by atoms with Crippen LogP contribution in [-0.2, 0) is 4.74 Å². The van der Waals surface area contributed by atoms with Crippen LogP contribution in [-0.4, -0.2) is 53.7 Å². The number of aromatic nitrogens is 2. The number of hydrogen-bond acceptors (Lipinski definition) is 7. The van der Waals surface area contributed by atoms with Crippen LogP contribution in [0, 0.1) is 0 Å². The van der Waals surface area contributed by atoms with Crippen LogP contribution in [0.1, 0.15) is 6.92 Å². The second kappa shape index (κ2) is 8.22. The second-order valence-corrected chi connectivity index (χ2v) is 6.59. The highest BCUT2D eigenvalue weighted by atomic mass is 79.9. The number of para-hydroxylation sites is 1. The lowest BCUT2D eigenvalue weighted by Gasteiger charge is -2.35. The number of carbonyl (C=O) groups excluding carboxylic acids is 1. The summed E-state index contributed by atoms with van der Waals surface area (Å²) in [6.07, 6.45) is 1.21. The number of carbonyl (C=O) groups is 1. The maximum absolute atomic E-state index is 11.8. The summed E-state index contributed by atoms with van der Waals surface area (Å²) in [6, 6.07) is 7.74. The van der Waals surface area contributed by atoms with Gasteiger partial charge in [-0.05, 0) is 35.0 Å². The third-order valence-corrected chi connectivity index (χ3v) is 4.79. The molecule has 1 aliphatic rings. The average molecular weight is 421 g/mol. The number of anilines is 4. The Balaban J connectivity index is 1.72. The number of amides is 1. The van der Waals surface area contributed by atoms with Crippen LogP contribution in [0.25, 0.3) is 0 Å². The Morgan fingerprint density at radius 1 is 1.27 bits per heavy atom. The minimum absolute atomic E-state index is 0.279. The number of nitrogens with one attached hydrogen (secondary N) is 1. The van der Waals surface area contributed by atoms with Gasteiger partial charge in [0, 0.05) is 30.7 Å². The molecule has 2 heterocycles. The molecule has 0 atom stereocenters. The van der Waals surface area contributed by atoms with Crippen LogP contribution in [0.5, 0.6) is 0 Å². The van der Waals surface area contributed by atoms with Crippen molar-refractivity contribution in [3.05, 3.63) is 35.1 Å². The first-order valence-corrected chi connectivity index (χ1v) is 9.18. The normalized spacial score (nSPS) is 14.2. The first kappa shape index (κ1) is 18.2. The minimum Gasteiger partial charge on any atom is -0.450 e. The maximum Gasteiger partial charge on any atom is 0.409 e. The maximum atomic E-state index is 11.8. The fourth-order valence-electron chi connectivity index (χ4n) is 2.74. The van der Waals surface area contributed by atoms with E-state index in [1.807, 2.05) is 24.3 Å². The van der Waals surface area contributed by atoms with E-state index in [0.29, 0.717) is 50.1 Å². The zero-order chi connectivity index (χ0) is 18.5. The third kappa shape index (κ3) is 3.98. The lowest BCUT2D eigenvalue weighted by molar-refractivity contribution is 0.105. The zero-order valence-electron chi connectivity index (χ0n) is 14.5. The number of piperazine rings is 1. The van der Waals surface area contributed by atoms with Crippen molar-refractivity contribution in [2.45, 2.75) is 6.92 Å². The average Bonchev–Trinajstić information content (AvgIpc) is 2.65. The summed E-state index contributed by atoms with van der Waals surface area (Å²) in [6.45, 7) is 4.57. The number of ether oxygens (including phenoxy) is 1. The van der Waals surface area contributed by atoms with E-state index in [2.05, 4.69) is 36.1 Å². The van der Waals surface area contributed by atoms with Gasteiger partial charge in [-0.2, -0.15) is 0 Å². The van der Waals surface area contributed by atoms with E-state index >= 15 is 0 Å². The van der Waals surface area contributed by atoms with Crippen LogP contribution in [0.3, 0.4) is 0 Å². The van der Waals surface area contributed by atoms with E-state index in [1.54, 1.807) is 11.8 Å². The van der Waals surface area contributed by atoms with E-state index in [1.165, 1.54) is 6.33 Å². The van der Waals surface area contributed by atoms with Crippen molar-refractivity contribution in [2.75, 3.05) is 48.7 Å². The van der Waals surface area contributed by atoms with Gasteiger partial charge in [0.2, 0.25) is 0 Å². The summed E-state index contributed by atoms with van der Waals surface area (Å²) in [7, 11) is 0. The molecule has 1 aromatic heterocycles. The Morgan fingerprint density at radius 3 is 2.69 bits per heavy atom. The van der Waals surface area contributed by atoms with Crippen LogP contribution in [0.15, 0.2) is 35.1 Å². The van der Waals surface area contributed by atoms with E-state index < -0.39 is 0 Å². The molecule has 0 aliphatic carbocycles. The fourth-order valence-corrected chi connectivity index (χ4v) is 3.13. The molecule has 1 amide bonds. The molecule has 0 saturated carbocycles. The topological polar surface area (TPSA) is 96.6 Å². The lowest BCUT2D eigenvalue weighted by atomic mass is 10.3. The summed E-state index contributed by atoms with van der Waals surface area (Å²) in [4.78, 5) is 24.2.